The molecular weight excluding hydrogens is 284 g/mol. The van der Waals surface area contributed by atoms with E-state index in [1.165, 1.54) is 0 Å². The van der Waals surface area contributed by atoms with Crippen LogP contribution in [0.2, 0.25) is 5.02 Å². The van der Waals surface area contributed by atoms with Crippen molar-refractivity contribution >= 4 is 28.4 Å². The highest BCUT2D eigenvalue weighted by Gasteiger charge is 2.09. The minimum absolute atomic E-state index is 0.117. The molecule has 1 heterocycles. The summed E-state index contributed by atoms with van der Waals surface area (Å²) in [6, 6.07) is 16.8. The highest BCUT2D eigenvalue weighted by Crippen LogP contribution is 2.16. The number of rotatable bonds is 3. The maximum Gasteiger partial charge on any atom is 0.252 e. The summed E-state index contributed by atoms with van der Waals surface area (Å²) in [5.74, 6) is -0.117. The van der Waals surface area contributed by atoms with E-state index >= 15 is 0 Å². The molecule has 21 heavy (non-hydrogen) atoms. The highest BCUT2D eigenvalue weighted by atomic mass is 35.5. The molecule has 1 N–H and O–H groups in total. The largest absolute Gasteiger partial charge is 0.348 e. The quantitative estimate of drug-likeness (QED) is 0.798. The molecule has 0 spiro atoms. The fourth-order valence-corrected chi connectivity index (χ4v) is 2.43. The summed E-state index contributed by atoms with van der Waals surface area (Å²) in [4.78, 5) is 16.6. The first kappa shape index (κ1) is 13.6. The first-order valence-electron chi connectivity index (χ1n) is 6.60. The number of amides is 1. The van der Waals surface area contributed by atoms with Gasteiger partial charge in [0, 0.05) is 23.2 Å². The van der Waals surface area contributed by atoms with Crippen molar-refractivity contribution in [3.63, 3.8) is 0 Å². The zero-order valence-corrected chi connectivity index (χ0v) is 12.0. The standard InChI is InChI=1S/C17H13ClN2O/c18-13-5-3-4-12(10-13)11-20-17(21)15-8-9-19-16-7-2-1-6-14(15)16/h1-10H,11H2,(H,20,21). The van der Waals surface area contributed by atoms with Crippen LogP contribution in [0.4, 0.5) is 0 Å². The predicted molar refractivity (Wildman–Crippen MR) is 84.4 cm³/mol. The van der Waals surface area contributed by atoms with Crippen molar-refractivity contribution in [3.05, 3.63) is 76.9 Å². The number of aromatic nitrogens is 1. The Balaban J connectivity index is 1.81. The van der Waals surface area contributed by atoms with Gasteiger partial charge in [0.2, 0.25) is 0 Å². The van der Waals surface area contributed by atoms with E-state index in [1.54, 1.807) is 12.3 Å². The highest BCUT2D eigenvalue weighted by molar-refractivity contribution is 6.30. The van der Waals surface area contributed by atoms with E-state index in [0.29, 0.717) is 17.1 Å². The van der Waals surface area contributed by atoms with Gasteiger partial charge >= 0.3 is 0 Å². The molecule has 0 aliphatic heterocycles. The van der Waals surface area contributed by atoms with Gasteiger partial charge < -0.3 is 5.32 Å². The van der Waals surface area contributed by atoms with Gasteiger partial charge in [-0.15, -0.1) is 0 Å². The zero-order valence-electron chi connectivity index (χ0n) is 11.2. The van der Waals surface area contributed by atoms with Crippen LogP contribution >= 0.6 is 11.6 Å². The van der Waals surface area contributed by atoms with Crippen LogP contribution in [0, 0.1) is 0 Å². The lowest BCUT2D eigenvalue weighted by molar-refractivity contribution is 0.0952. The van der Waals surface area contributed by atoms with Gasteiger partial charge in [0.15, 0.2) is 0 Å². The van der Waals surface area contributed by atoms with Crippen molar-refractivity contribution in [1.29, 1.82) is 0 Å². The smallest absolute Gasteiger partial charge is 0.252 e. The second-order valence-corrected chi connectivity index (χ2v) is 5.12. The van der Waals surface area contributed by atoms with Gasteiger partial charge in [0.05, 0.1) is 11.1 Å². The molecule has 0 fully saturated rings. The number of nitrogens with one attached hydrogen (secondary N) is 1. The number of carbonyl (C=O) groups excluding carboxylic acids is 1. The fraction of sp³-hybridized carbons (Fsp3) is 0.0588. The third-order valence-electron chi connectivity index (χ3n) is 3.24. The molecule has 0 aliphatic rings. The molecule has 104 valence electrons. The molecule has 0 radical (unpaired) electrons. The summed E-state index contributed by atoms with van der Waals surface area (Å²) in [7, 11) is 0. The van der Waals surface area contributed by atoms with Gasteiger partial charge in [-0.3, -0.25) is 9.78 Å². The number of carbonyl (C=O) groups is 1. The number of benzene rings is 2. The molecule has 0 atom stereocenters. The van der Waals surface area contributed by atoms with Crippen LogP contribution in [0.15, 0.2) is 60.8 Å². The topological polar surface area (TPSA) is 42.0 Å². The van der Waals surface area contributed by atoms with Crippen LogP contribution in [0.1, 0.15) is 15.9 Å². The third-order valence-corrected chi connectivity index (χ3v) is 3.47. The Labute approximate surface area is 127 Å². The van der Waals surface area contributed by atoms with E-state index in [2.05, 4.69) is 10.3 Å². The normalized spacial score (nSPS) is 10.5. The van der Waals surface area contributed by atoms with Crippen molar-refractivity contribution in [1.82, 2.24) is 10.3 Å². The molecule has 0 aliphatic carbocycles. The summed E-state index contributed by atoms with van der Waals surface area (Å²) >= 11 is 5.93. The van der Waals surface area contributed by atoms with Crippen molar-refractivity contribution in [2.45, 2.75) is 6.54 Å². The summed E-state index contributed by atoms with van der Waals surface area (Å²) in [6.07, 6.45) is 1.65. The molecule has 0 bridgehead atoms. The van der Waals surface area contributed by atoms with Crippen LogP contribution in [0.3, 0.4) is 0 Å². The maximum absolute atomic E-state index is 12.3. The number of fused-ring (bicyclic) bond motifs is 1. The molecule has 0 saturated carbocycles. The Morgan fingerprint density at radius 3 is 2.81 bits per heavy atom. The average molecular weight is 297 g/mol. The fourth-order valence-electron chi connectivity index (χ4n) is 2.22. The lowest BCUT2D eigenvalue weighted by Gasteiger charge is -2.08. The summed E-state index contributed by atoms with van der Waals surface area (Å²) < 4.78 is 0. The molecule has 1 aromatic heterocycles. The summed E-state index contributed by atoms with van der Waals surface area (Å²) in [5, 5.41) is 4.42. The van der Waals surface area contributed by atoms with Gasteiger partial charge in [-0.25, -0.2) is 0 Å². The first-order valence-corrected chi connectivity index (χ1v) is 6.98. The number of pyridine rings is 1. The molecule has 3 nitrogen and oxygen atoms in total. The molecular formula is C17H13ClN2O. The molecule has 3 aromatic rings. The lowest BCUT2D eigenvalue weighted by atomic mass is 10.1. The molecule has 4 heteroatoms. The van der Waals surface area contributed by atoms with Crippen LogP contribution in [0.5, 0.6) is 0 Å². The Morgan fingerprint density at radius 2 is 1.95 bits per heavy atom. The van der Waals surface area contributed by atoms with E-state index in [4.69, 9.17) is 11.6 Å². The van der Waals surface area contributed by atoms with Gasteiger partial charge in [0.1, 0.15) is 0 Å². The van der Waals surface area contributed by atoms with Crippen molar-refractivity contribution in [2.24, 2.45) is 0 Å². The lowest BCUT2D eigenvalue weighted by Crippen LogP contribution is -2.23. The minimum atomic E-state index is -0.117. The SMILES string of the molecule is O=C(NCc1cccc(Cl)c1)c1ccnc2ccccc12. The Kier molecular flexibility index (Phi) is 3.84. The van der Waals surface area contributed by atoms with E-state index in [9.17, 15) is 4.79 Å². The van der Waals surface area contributed by atoms with Gasteiger partial charge in [0.25, 0.3) is 5.91 Å². The van der Waals surface area contributed by atoms with Crippen LogP contribution in [-0.4, -0.2) is 10.9 Å². The van der Waals surface area contributed by atoms with E-state index in [-0.39, 0.29) is 5.91 Å². The monoisotopic (exact) mass is 296 g/mol. The Bertz CT molecular complexity index is 796. The zero-order chi connectivity index (χ0) is 14.7. The maximum atomic E-state index is 12.3. The van der Waals surface area contributed by atoms with Crippen LogP contribution in [-0.2, 0) is 6.54 Å². The molecule has 0 saturated heterocycles. The average Bonchev–Trinajstić information content (AvgIpc) is 2.52. The number of halogens is 1. The minimum Gasteiger partial charge on any atom is -0.348 e. The number of hydrogen-bond donors (Lipinski definition) is 1. The predicted octanol–water partition coefficient (Wildman–Crippen LogP) is 3.82. The van der Waals surface area contributed by atoms with Crippen molar-refractivity contribution < 1.29 is 4.79 Å². The second-order valence-electron chi connectivity index (χ2n) is 4.69. The van der Waals surface area contributed by atoms with Gasteiger partial charge in [-0.05, 0) is 29.8 Å². The third kappa shape index (κ3) is 3.03. The Morgan fingerprint density at radius 1 is 1.10 bits per heavy atom. The van der Waals surface area contributed by atoms with E-state index in [1.807, 2.05) is 48.5 Å². The number of nitrogens with zero attached hydrogens (tertiary/aromatic N) is 1. The van der Waals surface area contributed by atoms with Crippen LogP contribution < -0.4 is 5.32 Å². The molecule has 3 rings (SSSR count). The van der Waals surface area contributed by atoms with Crippen LogP contribution in [0.25, 0.3) is 10.9 Å². The Hall–Kier alpha value is -2.39. The van der Waals surface area contributed by atoms with Crippen molar-refractivity contribution in [3.8, 4) is 0 Å². The molecule has 1 amide bonds. The number of hydrogen-bond acceptors (Lipinski definition) is 2. The van der Waals surface area contributed by atoms with Gasteiger partial charge in [-0.1, -0.05) is 41.9 Å². The van der Waals surface area contributed by atoms with Crippen molar-refractivity contribution in [2.75, 3.05) is 0 Å². The molecule has 2 aromatic carbocycles. The van der Waals surface area contributed by atoms with Gasteiger partial charge in [-0.2, -0.15) is 0 Å². The molecule has 0 unspecified atom stereocenters. The summed E-state index contributed by atoms with van der Waals surface area (Å²) in [5.41, 5.74) is 2.41. The number of para-hydroxylation sites is 1. The summed E-state index contributed by atoms with van der Waals surface area (Å²) in [6.45, 7) is 0.441. The first-order chi connectivity index (χ1) is 10.2. The van der Waals surface area contributed by atoms with E-state index in [0.717, 1.165) is 16.5 Å². The second kappa shape index (κ2) is 5.94. The van der Waals surface area contributed by atoms with E-state index < -0.39 is 0 Å².